The molecule has 0 aliphatic heterocycles. The minimum Gasteiger partial charge on any atom is -0.366 e. The number of aryl methyl sites for hydroxylation is 1. The summed E-state index contributed by atoms with van der Waals surface area (Å²) < 4.78 is 6.28. The molecule has 3 aromatic carbocycles. The molecule has 4 rings (SSSR count). The number of fused-ring (bicyclic) bond motifs is 1. The Labute approximate surface area is 221 Å². The van der Waals surface area contributed by atoms with Gasteiger partial charge in [-0.1, -0.05) is 59.6 Å². The lowest BCUT2D eigenvalue weighted by atomic mass is 10.1. The van der Waals surface area contributed by atoms with Crippen molar-refractivity contribution in [2.45, 2.75) is 32.5 Å². The lowest BCUT2D eigenvalue weighted by molar-refractivity contribution is 0.0209. The number of aromatic nitrogens is 2. The summed E-state index contributed by atoms with van der Waals surface area (Å²) >= 11 is 6.16. The third-order valence-corrected chi connectivity index (χ3v) is 6.40. The molecule has 0 aliphatic rings. The van der Waals surface area contributed by atoms with Gasteiger partial charge in [-0.15, -0.1) is 0 Å². The number of nitrogens with zero attached hydrogens (tertiary/aromatic N) is 2. The fourth-order valence-corrected chi connectivity index (χ4v) is 4.27. The summed E-state index contributed by atoms with van der Waals surface area (Å²) in [5.41, 5.74) is 8.69. The van der Waals surface area contributed by atoms with Crippen LogP contribution in [0, 0.1) is 6.92 Å². The second-order valence-corrected chi connectivity index (χ2v) is 9.42. The largest absolute Gasteiger partial charge is 0.366 e. The van der Waals surface area contributed by atoms with Crippen LogP contribution in [0.2, 0.25) is 5.02 Å². The highest BCUT2D eigenvalue weighted by molar-refractivity contribution is 6.31. The number of carbonyl (C=O) groups excluding carboxylic acids is 1. The maximum atomic E-state index is 13.3. The Morgan fingerprint density at radius 1 is 1.08 bits per heavy atom. The molecule has 37 heavy (non-hydrogen) atoms. The third-order valence-electron chi connectivity index (χ3n) is 6.16. The monoisotopic (exact) mass is 518 g/mol. The van der Waals surface area contributed by atoms with Gasteiger partial charge in [0.2, 0.25) is 0 Å². The zero-order chi connectivity index (χ0) is 26.2. The van der Waals surface area contributed by atoms with Gasteiger partial charge in [-0.3, -0.25) is 9.59 Å². The number of ether oxygens (including phenoxy) is 1. The molecular formula is C29H31ClN4O3. The maximum Gasteiger partial charge on any atom is 0.258 e. The minimum absolute atomic E-state index is 0.0676. The van der Waals surface area contributed by atoms with E-state index >= 15 is 0 Å². The lowest BCUT2D eigenvalue weighted by Crippen LogP contribution is -2.35. The molecule has 4 aromatic rings. The second kappa shape index (κ2) is 12.6. The van der Waals surface area contributed by atoms with Crippen LogP contribution in [0.4, 0.5) is 0 Å². The summed E-state index contributed by atoms with van der Waals surface area (Å²) in [5.74, 6) is 0.333. The standard InChI is InChI=1S/C29H31ClN4O3/c1-20-8-10-22(11-9-20)29(36)34(16-5-15-31)17-14-26(37-19-21-6-3-2-4-7-21)27-32-25-18-23(30)12-13-24(25)28(35)33-27/h2-4,6-13,18,26H,5,14-17,19,31H2,1H3,(H,32,33,35). The van der Waals surface area contributed by atoms with E-state index in [1.165, 1.54) is 0 Å². The van der Waals surface area contributed by atoms with Crippen molar-refractivity contribution in [3.63, 3.8) is 0 Å². The molecule has 1 unspecified atom stereocenters. The van der Waals surface area contributed by atoms with Crippen LogP contribution in [-0.2, 0) is 11.3 Å². The number of amides is 1. The number of benzene rings is 3. The van der Waals surface area contributed by atoms with Crippen molar-refractivity contribution in [3.8, 4) is 0 Å². The molecule has 1 heterocycles. The van der Waals surface area contributed by atoms with Crippen molar-refractivity contribution in [1.29, 1.82) is 0 Å². The molecule has 0 aliphatic carbocycles. The van der Waals surface area contributed by atoms with E-state index in [9.17, 15) is 9.59 Å². The van der Waals surface area contributed by atoms with Crippen LogP contribution in [0.15, 0.2) is 77.6 Å². The molecule has 0 saturated heterocycles. The van der Waals surface area contributed by atoms with Crippen molar-refractivity contribution in [3.05, 3.63) is 111 Å². The van der Waals surface area contributed by atoms with Gasteiger partial charge >= 0.3 is 0 Å². The van der Waals surface area contributed by atoms with Crippen molar-refractivity contribution in [2.24, 2.45) is 5.73 Å². The Morgan fingerprint density at radius 2 is 1.84 bits per heavy atom. The van der Waals surface area contributed by atoms with E-state index in [2.05, 4.69) is 9.97 Å². The third kappa shape index (κ3) is 7.04. The van der Waals surface area contributed by atoms with Crippen LogP contribution >= 0.6 is 11.6 Å². The molecule has 0 radical (unpaired) electrons. The normalized spacial score (nSPS) is 12.0. The summed E-state index contributed by atoms with van der Waals surface area (Å²) in [4.78, 5) is 35.5. The lowest BCUT2D eigenvalue weighted by Gasteiger charge is -2.25. The predicted octanol–water partition coefficient (Wildman–Crippen LogP) is 5.02. The van der Waals surface area contributed by atoms with Gasteiger partial charge in [0.15, 0.2) is 0 Å². The number of aromatic amines is 1. The summed E-state index contributed by atoms with van der Waals surface area (Å²) in [6.45, 7) is 3.72. The van der Waals surface area contributed by atoms with Gasteiger partial charge in [-0.2, -0.15) is 0 Å². The first-order valence-corrected chi connectivity index (χ1v) is 12.7. The average molecular weight is 519 g/mol. The highest BCUT2D eigenvalue weighted by Crippen LogP contribution is 2.23. The Bertz CT molecular complexity index is 1390. The zero-order valence-electron chi connectivity index (χ0n) is 20.8. The van der Waals surface area contributed by atoms with Crippen molar-refractivity contribution >= 4 is 28.4 Å². The van der Waals surface area contributed by atoms with Gasteiger partial charge in [0, 0.05) is 23.7 Å². The molecule has 0 bridgehead atoms. The van der Waals surface area contributed by atoms with Crippen LogP contribution < -0.4 is 11.3 Å². The number of halogens is 1. The first kappa shape index (κ1) is 26.5. The molecule has 1 atom stereocenters. The van der Waals surface area contributed by atoms with Crippen LogP contribution in [0.5, 0.6) is 0 Å². The number of H-pyrrole nitrogens is 1. The number of carbonyl (C=O) groups is 1. The molecule has 3 N–H and O–H groups in total. The van der Waals surface area contributed by atoms with Crippen LogP contribution in [0.3, 0.4) is 0 Å². The number of hydrogen-bond acceptors (Lipinski definition) is 5. The molecule has 8 heteroatoms. The van der Waals surface area contributed by atoms with E-state index < -0.39 is 6.10 Å². The molecule has 0 spiro atoms. The van der Waals surface area contributed by atoms with Gasteiger partial charge in [0.25, 0.3) is 11.5 Å². The first-order valence-electron chi connectivity index (χ1n) is 12.4. The van der Waals surface area contributed by atoms with Gasteiger partial charge in [-0.05, 0) is 62.2 Å². The Kier molecular flexibility index (Phi) is 9.06. The van der Waals surface area contributed by atoms with E-state index in [1.807, 2.05) is 61.5 Å². The van der Waals surface area contributed by atoms with Crippen molar-refractivity contribution < 1.29 is 9.53 Å². The number of rotatable bonds is 11. The van der Waals surface area contributed by atoms with Crippen molar-refractivity contribution in [1.82, 2.24) is 14.9 Å². The molecule has 1 aromatic heterocycles. The second-order valence-electron chi connectivity index (χ2n) is 8.99. The molecule has 7 nitrogen and oxygen atoms in total. The van der Waals surface area contributed by atoms with Crippen LogP contribution in [0.25, 0.3) is 10.9 Å². The molecule has 1 amide bonds. The SMILES string of the molecule is Cc1ccc(C(=O)N(CCCN)CCC(OCc2ccccc2)c2nc3cc(Cl)ccc3c(=O)[nH]2)cc1. The quantitative estimate of drug-likeness (QED) is 0.290. The average Bonchev–Trinajstić information content (AvgIpc) is 2.90. The van der Waals surface area contributed by atoms with E-state index in [4.69, 9.17) is 22.1 Å². The van der Waals surface area contributed by atoms with Gasteiger partial charge in [0.05, 0.1) is 17.5 Å². The van der Waals surface area contributed by atoms with E-state index in [-0.39, 0.29) is 11.5 Å². The fraction of sp³-hybridized carbons (Fsp3) is 0.276. The fourth-order valence-electron chi connectivity index (χ4n) is 4.10. The summed E-state index contributed by atoms with van der Waals surface area (Å²) in [6.07, 6.45) is 0.559. The van der Waals surface area contributed by atoms with Gasteiger partial charge in [-0.25, -0.2) is 4.98 Å². The highest BCUT2D eigenvalue weighted by Gasteiger charge is 2.21. The zero-order valence-corrected chi connectivity index (χ0v) is 21.6. The Morgan fingerprint density at radius 3 is 2.57 bits per heavy atom. The Balaban J connectivity index is 1.60. The van der Waals surface area contributed by atoms with Gasteiger partial charge in [0.1, 0.15) is 11.9 Å². The number of nitrogens with one attached hydrogen (secondary N) is 1. The summed E-state index contributed by atoms with van der Waals surface area (Å²) in [7, 11) is 0. The first-order chi connectivity index (χ1) is 17.9. The van der Waals surface area contributed by atoms with Crippen LogP contribution in [0.1, 0.15) is 46.3 Å². The maximum absolute atomic E-state index is 13.3. The summed E-state index contributed by atoms with van der Waals surface area (Å²) in [6, 6.07) is 22.3. The van der Waals surface area contributed by atoms with E-state index in [0.29, 0.717) is 66.4 Å². The molecular weight excluding hydrogens is 488 g/mol. The van der Waals surface area contributed by atoms with Gasteiger partial charge < -0.3 is 20.4 Å². The highest BCUT2D eigenvalue weighted by atomic mass is 35.5. The number of nitrogens with two attached hydrogens (primary N) is 1. The minimum atomic E-state index is -0.553. The smallest absolute Gasteiger partial charge is 0.258 e. The topological polar surface area (TPSA) is 101 Å². The van der Waals surface area contributed by atoms with Crippen molar-refractivity contribution in [2.75, 3.05) is 19.6 Å². The Hall–Kier alpha value is -3.52. The van der Waals surface area contributed by atoms with Crippen LogP contribution in [-0.4, -0.2) is 40.4 Å². The van der Waals surface area contributed by atoms with E-state index in [1.54, 1.807) is 23.1 Å². The predicted molar refractivity (Wildman–Crippen MR) is 147 cm³/mol. The van der Waals surface area contributed by atoms with E-state index in [0.717, 1.165) is 11.1 Å². The molecule has 192 valence electrons. The molecule has 0 saturated carbocycles. The summed E-state index contributed by atoms with van der Waals surface area (Å²) in [5, 5.41) is 0.948. The molecule has 0 fully saturated rings. The number of hydrogen-bond donors (Lipinski definition) is 2.